The van der Waals surface area contributed by atoms with Crippen molar-refractivity contribution in [3.8, 4) is 0 Å². The SMILES string of the molecule is O=C(NC1CCCC1)C1CC1c1ccco1. The lowest BCUT2D eigenvalue weighted by atomic mass is 10.2. The Morgan fingerprint density at radius 1 is 1.38 bits per heavy atom. The molecule has 1 heterocycles. The molecule has 0 aliphatic heterocycles. The van der Waals surface area contributed by atoms with Crippen LogP contribution in [0.3, 0.4) is 0 Å². The molecule has 3 heteroatoms. The van der Waals surface area contributed by atoms with Gasteiger partial charge in [0.2, 0.25) is 5.91 Å². The number of nitrogens with one attached hydrogen (secondary N) is 1. The van der Waals surface area contributed by atoms with E-state index in [1.807, 2.05) is 12.1 Å². The Bertz CT molecular complexity index is 365. The normalized spacial score (nSPS) is 29.2. The standard InChI is InChI=1S/C13H17NO2/c15-13(14-9-4-1-2-5-9)11-8-10(11)12-6-3-7-16-12/h3,6-7,9-11H,1-2,4-5,8H2,(H,14,15). The second-order valence-electron chi connectivity index (χ2n) is 4.95. The van der Waals surface area contributed by atoms with E-state index in [0.29, 0.717) is 12.0 Å². The average molecular weight is 219 g/mol. The highest BCUT2D eigenvalue weighted by Gasteiger charge is 2.46. The van der Waals surface area contributed by atoms with Gasteiger partial charge in [-0.05, 0) is 31.4 Å². The number of carbonyl (C=O) groups is 1. The molecule has 2 saturated carbocycles. The molecule has 16 heavy (non-hydrogen) atoms. The van der Waals surface area contributed by atoms with Gasteiger partial charge in [0.05, 0.1) is 6.26 Å². The Hall–Kier alpha value is -1.25. The summed E-state index contributed by atoms with van der Waals surface area (Å²) in [4.78, 5) is 11.9. The Labute approximate surface area is 95.2 Å². The lowest BCUT2D eigenvalue weighted by Gasteiger charge is -2.11. The van der Waals surface area contributed by atoms with Crippen molar-refractivity contribution in [2.45, 2.75) is 44.1 Å². The van der Waals surface area contributed by atoms with Crippen LogP contribution in [0.25, 0.3) is 0 Å². The van der Waals surface area contributed by atoms with Crippen LogP contribution in [0.15, 0.2) is 22.8 Å². The molecule has 1 aromatic heterocycles. The summed E-state index contributed by atoms with van der Waals surface area (Å²) in [5, 5.41) is 3.15. The maximum atomic E-state index is 11.9. The third kappa shape index (κ3) is 1.86. The molecule has 1 N–H and O–H groups in total. The molecule has 0 bridgehead atoms. The lowest BCUT2D eigenvalue weighted by Crippen LogP contribution is -2.34. The second-order valence-corrected chi connectivity index (χ2v) is 4.95. The number of furan rings is 1. The Balaban J connectivity index is 1.53. The summed E-state index contributed by atoms with van der Waals surface area (Å²) in [5.74, 6) is 1.68. The third-order valence-electron chi connectivity index (χ3n) is 3.74. The van der Waals surface area contributed by atoms with E-state index in [2.05, 4.69) is 5.32 Å². The summed E-state index contributed by atoms with van der Waals surface area (Å²) >= 11 is 0. The first-order valence-corrected chi connectivity index (χ1v) is 6.18. The second kappa shape index (κ2) is 3.96. The molecule has 3 nitrogen and oxygen atoms in total. The van der Waals surface area contributed by atoms with Crippen molar-refractivity contribution in [1.29, 1.82) is 0 Å². The average Bonchev–Trinajstić information content (AvgIpc) is 2.71. The van der Waals surface area contributed by atoms with Gasteiger partial charge in [-0.15, -0.1) is 0 Å². The highest BCUT2D eigenvalue weighted by atomic mass is 16.3. The number of amides is 1. The molecular weight excluding hydrogens is 202 g/mol. The van der Waals surface area contributed by atoms with Crippen molar-refractivity contribution in [2.24, 2.45) is 5.92 Å². The minimum absolute atomic E-state index is 0.159. The maximum Gasteiger partial charge on any atom is 0.224 e. The van der Waals surface area contributed by atoms with Crippen LogP contribution in [0, 0.1) is 5.92 Å². The number of hydrogen-bond donors (Lipinski definition) is 1. The molecule has 0 spiro atoms. The zero-order valence-electron chi connectivity index (χ0n) is 9.32. The Morgan fingerprint density at radius 2 is 2.19 bits per heavy atom. The largest absolute Gasteiger partial charge is 0.469 e. The zero-order chi connectivity index (χ0) is 11.0. The van der Waals surface area contributed by atoms with Gasteiger partial charge in [0, 0.05) is 17.9 Å². The minimum atomic E-state index is 0.159. The van der Waals surface area contributed by atoms with Crippen molar-refractivity contribution < 1.29 is 9.21 Å². The highest BCUT2D eigenvalue weighted by molar-refractivity contribution is 5.82. The predicted molar refractivity (Wildman–Crippen MR) is 60.0 cm³/mol. The summed E-state index contributed by atoms with van der Waals surface area (Å²) < 4.78 is 5.33. The number of hydrogen-bond acceptors (Lipinski definition) is 2. The summed E-state index contributed by atoms with van der Waals surface area (Å²) in [6.45, 7) is 0. The fraction of sp³-hybridized carbons (Fsp3) is 0.615. The molecule has 2 aliphatic carbocycles. The van der Waals surface area contributed by atoms with Crippen LogP contribution >= 0.6 is 0 Å². The van der Waals surface area contributed by atoms with E-state index in [9.17, 15) is 4.79 Å². The van der Waals surface area contributed by atoms with E-state index >= 15 is 0 Å². The fourth-order valence-corrected chi connectivity index (χ4v) is 2.68. The Morgan fingerprint density at radius 3 is 2.88 bits per heavy atom. The summed E-state index contributed by atoms with van der Waals surface area (Å²) in [6.07, 6.45) is 7.47. The van der Waals surface area contributed by atoms with Crippen molar-refractivity contribution in [1.82, 2.24) is 5.32 Å². The third-order valence-corrected chi connectivity index (χ3v) is 3.74. The molecule has 0 saturated heterocycles. The van der Waals surface area contributed by atoms with Crippen molar-refractivity contribution in [3.63, 3.8) is 0 Å². The van der Waals surface area contributed by atoms with Crippen LogP contribution in [0.1, 0.15) is 43.8 Å². The van der Waals surface area contributed by atoms with Crippen LogP contribution in [-0.4, -0.2) is 11.9 Å². The van der Waals surface area contributed by atoms with Crippen LogP contribution < -0.4 is 5.32 Å². The van der Waals surface area contributed by atoms with Gasteiger partial charge >= 0.3 is 0 Å². The molecular formula is C13H17NO2. The Kier molecular flexibility index (Phi) is 2.46. The molecule has 2 aliphatic rings. The van der Waals surface area contributed by atoms with Gasteiger partial charge in [-0.25, -0.2) is 0 Å². The molecule has 86 valence electrons. The van der Waals surface area contributed by atoms with E-state index in [0.717, 1.165) is 25.0 Å². The van der Waals surface area contributed by atoms with Crippen molar-refractivity contribution >= 4 is 5.91 Å². The number of rotatable bonds is 3. The first kappa shape index (κ1) is 9.94. The zero-order valence-corrected chi connectivity index (χ0v) is 9.32. The first-order chi connectivity index (χ1) is 7.84. The van der Waals surface area contributed by atoms with Gasteiger partial charge in [-0.3, -0.25) is 4.79 Å². The highest BCUT2D eigenvalue weighted by Crippen LogP contribution is 2.47. The van der Waals surface area contributed by atoms with E-state index < -0.39 is 0 Å². The molecule has 0 radical (unpaired) electrons. The van der Waals surface area contributed by atoms with Gasteiger partial charge < -0.3 is 9.73 Å². The van der Waals surface area contributed by atoms with Gasteiger partial charge in [-0.1, -0.05) is 12.8 Å². The molecule has 0 aromatic carbocycles. The van der Waals surface area contributed by atoms with Crippen molar-refractivity contribution in [2.75, 3.05) is 0 Å². The van der Waals surface area contributed by atoms with E-state index in [1.165, 1.54) is 12.8 Å². The molecule has 2 unspecified atom stereocenters. The van der Waals surface area contributed by atoms with Gasteiger partial charge in [0.15, 0.2) is 0 Å². The molecule has 2 fully saturated rings. The van der Waals surface area contributed by atoms with E-state index in [-0.39, 0.29) is 11.8 Å². The summed E-state index contributed by atoms with van der Waals surface area (Å²) in [7, 11) is 0. The quantitative estimate of drug-likeness (QED) is 0.848. The smallest absolute Gasteiger partial charge is 0.224 e. The van der Waals surface area contributed by atoms with Crippen LogP contribution in [0.4, 0.5) is 0 Å². The topological polar surface area (TPSA) is 42.2 Å². The summed E-state index contributed by atoms with van der Waals surface area (Å²) in [5.41, 5.74) is 0. The van der Waals surface area contributed by atoms with E-state index in [1.54, 1.807) is 6.26 Å². The van der Waals surface area contributed by atoms with Gasteiger partial charge in [0.25, 0.3) is 0 Å². The first-order valence-electron chi connectivity index (χ1n) is 6.18. The molecule has 2 atom stereocenters. The predicted octanol–water partition coefficient (Wildman–Crippen LogP) is 2.44. The fourth-order valence-electron chi connectivity index (χ4n) is 2.68. The monoisotopic (exact) mass is 219 g/mol. The van der Waals surface area contributed by atoms with Crippen LogP contribution in [0.2, 0.25) is 0 Å². The minimum Gasteiger partial charge on any atom is -0.469 e. The molecule has 3 rings (SSSR count). The van der Waals surface area contributed by atoms with Crippen molar-refractivity contribution in [3.05, 3.63) is 24.2 Å². The molecule has 1 amide bonds. The van der Waals surface area contributed by atoms with E-state index in [4.69, 9.17) is 4.42 Å². The summed E-state index contributed by atoms with van der Waals surface area (Å²) in [6, 6.07) is 4.29. The van der Waals surface area contributed by atoms with Crippen LogP contribution in [0.5, 0.6) is 0 Å². The van der Waals surface area contributed by atoms with Gasteiger partial charge in [-0.2, -0.15) is 0 Å². The van der Waals surface area contributed by atoms with Crippen LogP contribution in [-0.2, 0) is 4.79 Å². The lowest BCUT2D eigenvalue weighted by molar-refractivity contribution is -0.123. The molecule has 1 aromatic rings. The number of carbonyl (C=O) groups excluding carboxylic acids is 1. The van der Waals surface area contributed by atoms with Gasteiger partial charge in [0.1, 0.15) is 5.76 Å². The maximum absolute atomic E-state index is 11.9.